The standard InChI is InChI=1S/C11H18N4O5/c12-8(16)4-7(10(18)19)14-9(17)6-2-1-3-15(5-6)11(13)20/h6-7H,1-5H2,(H2,12,16)(H2,13,20)(H,14,17)(H,18,19)/t6?,7-/m0/s1. The van der Waals surface area contributed by atoms with Crippen LogP contribution in [0.25, 0.3) is 0 Å². The maximum atomic E-state index is 12.0. The number of likely N-dealkylation sites (tertiary alicyclic amines) is 1. The number of carbonyl (C=O) groups is 4. The van der Waals surface area contributed by atoms with Crippen LogP contribution in [0, 0.1) is 5.92 Å². The Morgan fingerprint density at radius 1 is 1.30 bits per heavy atom. The van der Waals surface area contributed by atoms with E-state index < -0.39 is 42.2 Å². The third-order valence-electron chi connectivity index (χ3n) is 3.12. The molecule has 1 aliphatic rings. The van der Waals surface area contributed by atoms with Crippen molar-refractivity contribution in [2.75, 3.05) is 13.1 Å². The van der Waals surface area contributed by atoms with Crippen molar-refractivity contribution in [1.82, 2.24) is 10.2 Å². The molecule has 0 aromatic carbocycles. The first-order valence-electron chi connectivity index (χ1n) is 6.17. The van der Waals surface area contributed by atoms with Crippen LogP contribution in [0.15, 0.2) is 0 Å². The molecule has 6 N–H and O–H groups in total. The van der Waals surface area contributed by atoms with E-state index in [1.807, 2.05) is 0 Å². The van der Waals surface area contributed by atoms with Gasteiger partial charge in [-0.1, -0.05) is 0 Å². The van der Waals surface area contributed by atoms with Gasteiger partial charge in [-0.3, -0.25) is 9.59 Å². The minimum absolute atomic E-state index is 0.143. The zero-order chi connectivity index (χ0) is 15.3. The Morgan fingerprint density at radius 3 is 2.45 bits per heavy atom. The Labute approximate surface area is 115 Å². The van der Waals surface area contributed by atoms with E-state index in [2.05, 4.69) is 5.32 Å². The van der Waals surface area contributed by atoms with Gasteiger partial charge in [0, 0.05) is 13.1 Å². The van der Waals surface area contributed by atoms with Gasteiger partial charge in [-0.2, -0.15) is 0 Å². The van der Waals surface area contributed by atoms with Crippen LogP contribution in [0.4, 0.5) is 4.79 Å². The van der Waals surface area contributed by atoms with Crippen LogP contribution in [0.3, 0.4) is 0 Å². The largest absolute Gasteiger partial charge is 0.480 e. The van der Waals surface area contributed by atoms with Crippen LogP contribution in [0.2, 0.25) is 0 Å². The van der Waals surface area contributed by atoms with E-state index in [9.17, 15) is 19.2 Å². The minimum atomic E-state index is -1.36. The average Bonchev–Trinajstić information content (AvgIpc) is 2.37. The van der Waals surface area contributed by atoms with Gasteiger partial charge in [-0.25, -0.2) is 9.59 Å². The quantitative estimate of drug-likeness (QED) is 0.470. The van der Waals surface area contributed by atoms with Crippen LogP contribution < -0.4 is 16.8 Å². The molecule has 9 nitrogen and oxygen atoms in total. The topological polar surface area (TPSA) is 156 Å². The van der Waals surface area contributed by atoms with E-state index in [4.69, 9.17) is 16.6 Å². The molecular weight excluding hydrogens is 268 g/mol. The molecule has 1 unspecified atom stereocenters. The van der Waals surface area contributed by atoms with Crippen molar-refractivity contribution in [1.29, 1.82) is 0 Å². The van der Waals surface area contributed by atoms with E-state index in [1.54, 1.807) is 0 Å². The third-order valence-corrected chi connectivity index (χ3v) is 3.12. The number of hydrogen-bond donors (Lipinski definition) is 4. The van der Waals surface area contributed by atoms with Crippen LogP contribution in [-0.4, -0.2) is 53.0 Å². The number of carboxylic acids is 1. The fourth-order valence-corrected chi connectivity index (χ4v) is 2.08. The molecule has 0 aromatic rings. The summed E-state index contributed by atoms with van der Waals surface area (Å²) >= 11 is 0. The minimum Gasteiger partial charge on any atom is -0.480 e. The first-order chi connectivity index (χ1) is 9.31. The van der Waals surface area contributed by atoms with Crippen LogP contribution in [0.5, 0.6) is 0 Å². The van der Waals surface area contributed by atoms with Crippen molar-refractivity contribution in [2.24, 2.45) is 17.4 Å². The molecule has 9 heteroatoms. The Bertz CT molecular complexity index is 425. The van der Waals surface area contributed by atoms with Crippen molar-refractivity contribution in [3.05, 3.63) is 0 Å². The zero-order valence-corrected chi connectivity index (χ0v) is 10.9. The predicted molar refractivity (Wildman–Crippen MR) is 67.3 cm³/mol. The van der Waals surface area contributed by atoms with E-state index in [0.717, 1.165) is 0 Å². The monoisotopic (exact) mass is 286 g/mol. The van der Waals surface area contributed by atoms with Gasteiger partial charge in [0.1, 0.15) is 6.04 Å². The van der Waals surface area contributed by atoms with E-state index >= 15 is 0 Å². The van der Waals surface area contributed by atoms with Crippen LogP contribution >= 0.6 is 0 Å². The molecule has 1 heterocycles. The summed E-state index contributed by atoms with van der Waals surface area (Å²) in [5.41, 5.74) is 10.1. The van der Waals surface area contributed by atoms with Gasteiger partial charge < -0.3 is 26.8 Å². The lowest BCUT2D eigenvalue weighted by Gasteiger charge is -2.31. The average molecular weight is 286 g/mol. The van der Waals surface area contributed by atoms with Crippen LogP contribution in [-0.2, 0) is 14.4 Å². The molecule has 1 fully saturated rings. The molecule has 0 aromatic heterocycles. The Balaban J connectivity index is 2.61. The second-order valence-electron chi connectivity index (χ2n) is 4.69. The highest BCUT2D eigenvalue weighted by molar-refractivity contribution is 5.89. The number of amides is 4. The van der Waals surface area contributed by atoms with Gasteiger partial charge >= 0.3 is 12.0 Å². The summed E-state index contributed by atoms with van der Waals surface area (Å²) in [4.78, 5) is 46.0. The number of nitrogens with two attached hydrogens (primary N) is 2. The number of hydrogen-bond acceptors (Lipinski definition) is 4. The van der Waals surface area contributed by atoms with Crippen molar-refractivity contribution in [3.63, 3.8) is 0 Å². The maximum absolute atomic E-state index is 12.0. The molecular formula is C11H18N4O5. The molecule has 0 bridgehead atoms. The van der Waals surface area contributed by atoms with Gasteiger partial charge in [0.2, 0.25) is 11.8 Å². The number of primary amides is 2. The molecule has 0 saturated carbocycles. The molecule has 112 valence electrons. The van der Waals surface area contributed by atoms with Crippen molar-refractivity contribution < 1.29 is 24.3 Å². The Kier molecular flexibility index (Phi) is 5.30. The van der Waals surface area contributed by atoms with Crippen LogP contribution in [0.1, 0.15) is 19.3 Å². The fourth-order valence-electron chi connectivity index (χ4n) is 2.08. The Hall–Kier alpha value is -2.32. The van der Waals surface area contributed by atoms with Crippen molar-refractivity contribution in [2.45, 2.75) is 25.3 Å². The highest BCUT2D eigenvalue weighted by Gasteiger charge is 2.30. The van der Waals surface area contributed by atoms with Gasteiger partial charge in [0.25, 0.3) is 0 Å². The maximum Gasteiger partial charge on any atom is 0.326 e. The second-order valence-corrected chi connectivity index (χ2v) is 4.69. The third kappa shape index (κ3) is 4.41. The smallest absolute Gasteiger partial charge is 0.326 e. The molecule has 1 rings (SSSR count). The number of nitrogens with one attached hydrogen (secondary N) is 1. The molecule has 1 saturated heterocycles. The first kappa shape index (κ1) is 15.7. The fraction of sp³-hybridized carbons (Fsp3) is 0.636. The summed E-state index contributed by atoms with van der Waals surface area (Å²) in [5, 5.41) is 11.2. The highest BCUT2D eigenvalue weighted by Crippen LogP contribution is 2.16. The predicted octanol–water partition coefficient (Wildman–Crippen LogP) is -1.78. The lowest BCUT2D eigenvalue weighted by Crippen LogP contribution is -2.51. The van der Waals surface area contributed by atoms with E-state index in [-0.39, 0.29) is 6.54 Å². The van der Waals surface area contributed by atoms with Crippen molar-refractivity contribution in [3.8, 4) is 0 Å². The van der Waals surface area contributed by atoms with Gasteiger partial charge in [0.15, 0.2) is 0 Å². The molecule has 20 heavy (non-hydrogen) atoms. The number of piperidine rings is 1. The Morgan fingerprint density at radius 2 is 1.95 bits per heavy atom. The van der Waals surface area contributed by atoms with E-state index in [1.165, 1.54) is 4.90 Å². The molecule has 4 amide bonds. The normalized spacial score (nSPS) is 20.0. The molecule has 0 spiro atoms. The summed E-state index contributed by atoms with van der Waals surface area (Å²) < 4.78 is 0. The number of rotatable bonds is 5. The number of aliphatic carboxylic acids is 1. The first-order valence-corrected chi connectivity index (χ1v) is 6.17. The SMILES string of the molecule is NC(=O)C[C@H](NC(=O)C1CCCN(C(N)=O)C1)C(=O)O. The van der Waals surface area contributed by atoms with E-state index in [0.29, 0.717) is 19.4 Å². The number of nitrogens with zero attached hydrogens (tertiary/aromatic N) is 1. The highest BCUT2D eigenvalue weighted by atomic mass is 16.4. The zero-order valence-electron chi connectivity index (χ0n) is 10.9. The number of carboxylic acid groups (broad SMARTS) is 1. The summed E-state index contributed by atoms with van der Waals surface area (Å²) in [7, 11) is 0. The molecule has 2 atom stereocenters. The lowest BCUT2D eigenvalue weighted by molar-refractivity contribution is -0.144. The summed E-state index contributed by atoms with van der Waals surface area (Å²) in [6.07, 6.45) is 0.653. The van der Waals surface area contributed by atoms with Gasteiger partial charge in [0.05, 0.1) is 12.3 Å². The second kappa shape index (κ2) is 6.73. The molecule has 0 radical (unpaired) electrons. The van der Waals surface area contributed by atoms with Crippen molar-refractivity contribution >= 4 is 23.8 Å². The summed E-state index contributed by atoms with van der Waals surface area (Å²) in [5.74, 6) is -3.21. The van der Waals surface area contributed by atoms with Gasteiger partial charge in [-0.15, -0.1) is 0 Å². The molecule has 0 aliphatic carbocycles. The summed E-state index contributed by atoms with van der Waals surface area (Å²) in [6.45, 7) is 0.618. The van der Waals surface area contributed by atoms with Gasteiger partial charge in [-0.05, 0) is 12.8 Å². The number of carbonyl (C=O) groups excluding carboxylic acids is 3. The lowest BCUT2D eigenvalue weighted by atomic mass is 9.97. The summed E-state index contributed by atoms with van der Waals surface area (Å²) in [6, 6.07) is -1.97. The number of urea groups is 1. The molecule has 1 aliphatic heterocycles.